The van der Waals surface area contributed by atoms with Crippen molar-refractivity contribution in [1.29, 1.82) is 0 Å². The van der Waals surface area contributed by atoms with Crippen LogP contribution in [-0.2, 0) is 9.53 Å². The van der Waals surface area contributed by atoms with Gasteiger partial charge in [-0.2, -0.15) is 0 Å². The Kier molecular flexibility index (Phi) is 4.73. The topological polar surface area (TPSA) is 64.4 Å². The van der Waals surface area contributed by atoms with E-state index in [1.54, 1.807) is 0 Å². The van der Waals surface area contributed by atoms with Crippen molar-refractivity contribution >= 4 is 5.91 Å². The molecule has 0 saturated carbocycles. The van der Waals surface area contributed by atoms with E-state index in [-0.39, 0.29) is 5.91 Å². The molecule has 0 unspecified atom stereocenters. The van der Waals surface area contributed by atoms with Gasteiger partial charge in [-0.05, 0) is 30.9 Å². The van der Waals surface area contributed by atoms with Gasteiger partial charge in [0.05, 0.1) is 0 Å². The van der Waals surface area contributed by atoms with Gasteiger partial charge in [0.2, 0.25) is 5.91 Å². The number of carbonyl (C=O) groups excluding carboxylic acids is 1. The molecule has 18 heavy (non-hydrogen) atoms. The molecule has 0 aliphatic carbocycles. The molecule has 0 aromatic heterocycles. The normalized spacial score (nSPS) is 18.4. The minimum atomic E-state index is -0.394. The number of nitrogens with one attached hydrogen (secondary N) is 1. The Hall–Kier alpha value is -1.39. The first-order valence-electron chi connectivity index (χ1n) is 6.43. The Morgan fingerprint density at radius 2 is 2.00 bits per heavy atom. The highest BCUT2D eigenvalue weighted by Crippen LogP contribution is 2.17. The quantitative estimate of drug-likeness (QED) is 0.823. The van der Waals surface area contributed by atoms with E-state index in [2.05, 4.69) is 5.32 Å². The van der Waals surface area contributed by atoms with Crippen molar-refractivity contribution < 1.29 is 9.53 Å². The number of benzene rings is 1. The van der Waals surface area contributed by atoms with E-state index >= 15 is 0 Å². The van der Waals surface area contributed by atoms with Gasteiger partial charge in [-0.3, -0.25) is 4.79 Å². The van der Waals surface area contributed by atoms with Gasteiger partial charge in [0.15, 0.2) is 0 Å². The fourth-order valence-electron chi connectivity index (χ4n) is 2.26. The number of ether oxygens (including phenoxy) is 1. The molecule has 1 saturated heterocycles. The Balaban J connectivity index is 1.92. The molecule has 0 spiro atoms. The average molecular weight is 248 g/mol. The second-order valence-corrected chi connectivity index (χ2v) is 4.71. The summed E-state index contributed by atoms with van der Waals surface area (Å²) in [5.41, 5.74) is 6.39. The van der Waals surface area contributed by atoms with E-state index in [9.17, 15) is 4.79 Å². The van der Waals surface area contributed by atoms with Crippen LogP contribution in [0.25, 0.3) is 0 Å². The molecule has 4 nitrogen and oxygen atoms in total. The first-order chi connectivity index (χ1) is 8.77. The van der Waals surface area contributed by atoms with Gasteiger partial charge in [0.25, 0.3) is 0 Å². The Morgan fingerprint density at radius 3 is 2.61 bits per heavy atom. The number of hydrogen-bond acceptors (Lipinski definition) is 3. The Morgan fingerprint density at radius 1 is 1.33 bits per heavy atom. The molecule has 98 valence electrons. The predicted molar refractivity (Wildman–Crippen MR) is 69.9 cm³/mol. The summed E-state index contributed by atoms with van der Waals surface area (Å²) in [6.07, 6.45) is 2.10. The molecule has 2 rings (SSSR count). The summed E-state index contributed by atoms with van der Waals surface area (Å²) >= 11 is 0. The smallest absolute Gasteiger partial charge is 0.239 e. The molecule has 1 aromatic carbocycles. The monoisotopic (exact) mass is 248 g/mol. The summed E-state index contributed by atoms with van der Waals surface area (Å²) in [6, 6.07) is 9.22. The van der Waals surface area contributed by atoms with Crippen LogP contribution in [0.4, 0.5) is 0 Å². The van der Waals surface area contributed by atoms with Gasteiger partial charge in [-0.15, -0.1) is 0 Å². The lowest BCUT2D eigenvalue weighted by Gasteiger charge is -2.24. The SMILES string of the molecule is NC(=O)[C@@H](NCC1CCOCC1)c1ccccc1. The predicted octanol–water partition coefficient (Wildman–Crippen LogP) is 1.23. The maximum absolute atomic E-state index is 11.5. The van der Waals surface area contributed by atoms with E-state index in [0.717, 1.165) is 38.2 Å². The third kappa shape index (κ3) is 3.55. The van der Waals surface area contributed by atoms with E-state index < -0.39 is 6.04 Å². The molecule has 3 N–H and O–H groups in total. The lowest BCUT2D eigenvalue weighted by atomic mass is 9.99. The van der Waals surface area contributed by atoms with Crippen molar-refractivity contribution in [1.82, 2.24) is 5.32 Å². The van der Waals surface area contributed by atoms with Crippen LogP contribution in [-0.4, -0.2) is 25.7 Å². The Labute approximate surface area is 108 Å². The summed E-state index contributed by atoms with van der Waals surface area (Å²) in [7, 11) is 0. The van der Waals surface area contributed by atoms with Gasteiger partial charge >= 0.3 is 0 Å². The second-order valence-electron chi connectivity index (χ2n) is 4.71. The summed E-state index contributed by atoms with van der Waals surface area (Å²) < 4.78 is 5.32. The molecular formula is C14H20N2O2. The highest BCUT2D eigenvalue weighted by molar-refractivity contribution is 5.81. The van der Waals surface area contributed by atoms with E-state index in [4.69, 9.17) is 10.5 Å². The third-order valence-electron chi connectivity index (χ3n) is 3.37. The van der Waals surface area contributed by atoms with E-state index in [1.807, 2.05) is 30.3 Å². The van der Waals surface area contributed by atoms with Gasteiger partial charge in [0.1, 0.15) is 6.04 Å². The van der Waals surface area contributed by atoms with Crippen molar-refractivity contribution in [3.05, 3.63) is 35.9 Å². The summed E-state index contributed by atoms with van der Waals surface area (Å²) in [4.78, 5) is 11.5. The lowest BCUT2D eigenvalue weighted by Crippen LogP contribution is -2.37. The molecule has 1 aliphatic rings. The zero-order valence-electron chi connectivity index (χ0n) is 10.5. The lowest BCUT2D eigenvalue weighted by molar-refractivity contribution is -0.120. The number of nitrogens with two attached hydrogens (primary N) is 1. The molecule has 4 heteroatoms. The fourth-order valence-corrected chi connectivity index (χ4v) is 2.26. The van der Waals surface area contributed by atoms with Crippen molar-refractivity contribution in [3.8, 4) is 0 Å². The highest BCUT2D eigenvalue weighted by atomic mass is 16.5. The summed E-state index contributed by atoms with van der Waals surface area (Å²) in [5, 5.41) is 3.28. The number of primary amides is 1. The average Bonchev–Trinajstić information content (AvgIpc) is 2.41. The van der Waals surface area contributed by atoms with Crippen LogP contribution >= 0.6 is 0 Å². The van der Waals surface area contributed by atoms with Crippen LogP contribution in [0.3, 0.4) is 0 Å². The van der Waals surface area contributed by atoms with Crippen LogP contribution in [0.15, 0.2) is 30.3 Å². The van der Waals surface area contributed by atoms with Gasteiger partial charge in [-0.1, -0.05) is 30.3 Å². The maximum Gasteiger partial charge on any atom is 0.239 e. The number of carbonyl (C=O) groups is 1. The van der Waals surface area contributed by atoms with Crippen molar-refractivity contribution in [2.45, 2.75) is 18.9 Å². The first kappa shape index (κ1) is 13.1. The van der Waals surface area contributed by atoms with Crippen LogP contribution in [0.5, 0.6) is 0 Å². The van der Waals surface area contributed by atoms with Gasteiger partial charge in [-0.25, -0.2) is 0 Å². The molecule has 1 heterocycles. The summed E-state index contributed by atoms with van der Waals surface area (Å²) in [6.45, 7) is 2.45. The van der Waals surface area contributed by atoms with Gasteiger partial charge in [0, 0.05) is 13.2 Å². The molecule has 1 fully saturated rings. The van der Waals surface area contributed by atoms with Crippen LogP contribution in [0, 0.1) is 5.92 Å². The molecule has 1 atom stereocenters. The van der Waals surface area contributed by atoms with Crippen molar-refractivity contribution in [3.63, 3.8) is 0 Å². The second kappa shape index (κ2) is 6.52. The number of hydrogen-bond donors (Lipinski definition) is 2. The van der Waals surface area contributed by atoms with E-state index in [1.165, 1.54) is 0 Å². The largest absolute Gasteiger partial charge is 0.381 e. The molecule has 1 amide bonds. The zero-order chi connectivity index (χ0) is 12.8. The minimum absolute atomic E-state index is 0.326. The number of amides is 1. The van der Waals surface area contributed by atoms with Crippen molar-refractivity contribution in [2.24, 2.45) is 11.7 Å². The standard InChI is InChI=1S/C14H20N2O2/c15-14(17)13(12-4-2-1-3-5-12)16-10-11-6-8-18-9-7-11/h1-5,11,13,16H,6-10H2,(H2,15,17)/t13-/m0/s1. The zero-order valence-corrected chi connectivity index (χ0v) is 10.5. The van der Waals surface area contributed by atoms with Crippen LogP contribution < -0.4 is 11.1 Å². The molecular weight excluding hydrogens is 228 g/mol. The molecule has 1 aromatic rings. The van der Waals surface area contributed by atoms with Gasteiger partial charge < -0.3 is 15.8 Å². The first-order valence-corrected chi connectivity index (χ1v) is 6.43. The fraction of sp³-hybridized carbons (Fsp3) is 0.500. The number of rotatable bonds is 5. The minimum Gasteiger partial charge on any atom is -0.381 e. The summed E-state index contributed by atoms with van der Waals surface area (Å²) in [5.74, 6) is 0.248. The Bertz CT molecular complexity index is 375. The molecule has 1 aliphatic heterocycles. The molecule has 0 radical (unpaired) electrons. The molecule has 0 bridgehead atoms. The van der Waals surface area contributed by atoms with Crippen molar-refractivity contribution in [2.75, 3.05) is 19.8 Å². The third-order valence-corrected chi connectivity index (χ3v) is 3.37. The maximum atomic E-state index is 11.5. The highest BCUT2D eigenvalue weighted by Gasteiger charge is 2.20. The van der Waals surface area contributed by atoms with Crippen LogP contribution in [0.2, 0.25) is 0 Å². The van der Waals surface area contributed by atoms with Crippen LogP contribution in [0.1, 0.15) is 24.4 Å². The van der Waals surface area contributed by atoms with E-state index in [0.29, 0.717) is 5.92 Å².